The van der Waals surface area contributed by atoms with E-state index in [2.05, 4.69) is 0 Å². The molecule has 1 aromatic carbocycles. The van der Waals surface area contributed by atoms with E-state index in [1.807, 2.05) is 5.32 Å². The zero-order valence-electron chi connectivity index (χ0n) is 10.8. The van der Waals surface area contributed by atoms with Gasteiger partial charge >= 0.3 is 5.97 Å². The monoisotopic (exact) mass is 309 g/mol. The standard InChI is InChI=1S/C12H11F4NO4/c1-21-5(2-8(18)19)4-17-12(20)6-3-7(13)10(15)11(16)9(6)14/h3,5H,2,4H2,1H3,(H,17,20)(H,18,19). The lowest BCUT2D eigenvalue weighted by molar-refractivity contribution is -0.139. The van der Waals surface area contributed by atoms with Gasteiger partial charge < -0.3 is 15.2 Å². The number of aliphatic carboxylic acids is 1. The summed E-state index contributed by atoms with van der Waals surface area (Å²) in [7, 11) is 1.19. The highest BCUT2D eigenvalue weighted by atomic mass is 19.2. The first kappa shape index (κ1) is 16.9. The highest BCUT2D eigenvalue weighted by molar-refractivity contribution is 5.94. The van der Waals surface area contributed by atoms with Crippen LogP contribution in [0.3, 0.4) is 0 Å². The predicted octanol–water partition coefficient (Wildman–Crippen LogP) is 1.46. The van der Waals surface area contributed by atoms with Crippen LogP contribution in [0, 0.1) is 23.3 Å². The van der Waals surface area contributed by atoms with E-state index in [0.717, 1.165) is 0 Å². The summed E-state index contributed by atoms with van der Waals surface area (Å²) in [6.45, 7) is -0.332. The second-order valence-electron chi connectivity index (χ2n) is 4.01. The van der Waals surface area contributed by atoms with E-state index in [1.54, 1.807) is 0 Å². The molecule has 0 aliphatic rings. The Bertz CT molecular complexity index is 565. The van der Waals surface area contributed by atoms with Gasteiger partial charge in [-0.25, -0.2) is 17.6 Å². The van der Waals surface area contributed by atoms with Crippen molar-refractivity contribution in [1.82, 2.24) is 5.32 Å². The number of rotatable bonds is 6. The topological polar surface area (TPSA) is 75.6 Å². The van der Waals surface area contributed by atoms with Crippen LogP contribution < -0.4 is 5.32 Å². The minimum atomic E-state index is -2.10. The Morgan fingerprint density at radius 1 is 1.24 bits per heavy atom. The molecule has 2 N–H and O–H groups in total. The third kappa shape index (κ3) is 4.15. The van der Waals surface area contributed by atoms with Crippen LogP contribution in [-0.2, 0) is 9.53 Å². The molecule has 5 nitrogen and oxygen atoms in total. The Kier molecular flexibility index (Phi) is 5.65. The normalized spacial score (nSPS) is 12.0. The summed E-state index contributed by atoms with van der Waals surface area (Å²) < 4.78 is 56.8. The quantitative estimate of drug-likeness (QED) is 0.474. The number of carbonyl (C=O) groups excluding carboxylic acids is 1. The molecule has 1 unspecified atom stereocenters. The summed E-state index contributed by atoms with van der Waals surface area (Å²) >= 11 is 0. The minimum absolute atomic E-state index is 0.210. The molecule has 1 atom stereocenters. The van der Waals surface area contributed by atoms with E-state index >= 15 is 0 Å². The SMILES string of the molecule is COC(CNC(=O)c1cc(F)c(F)c(F)c1F)CC(=O)O. The Labute approximate surface area is 116 Å². The molecule has 0 spiro atoms. The lowest BCUT2D eigenvalue weighted by Gasteiger charge is -2.14. The molecule has 0 heterocycles. The first-order valence-corrected chi connectivity index (χ1v) is 5.63. The number of benzene rings is 1. The highest BCUT2D eigenvalue weighted by Gasteiger charge is 2.23. The number of nitrogens with one attached hydrogen (secondary N) is 1. The molecule has 0 aliphatic heterocycles. The smallest absolute Gasteiger partial charge is 0.306 e. The van der Waals surface area contributed by atoms with E-state index in [1.165, 1.54) is 7.11 Å². The fourth-order valence-electron chi connectivity index (χ4n) is 1.47. The first-order valence-electron chi connectivity index (χ1n) is 5.63. The maximum Gasteiger partial charge on any atom is 0.306 e. The molecule has 21 heavy (non-hydrogen) atoms. The zero-order chi connectivity index (χ0) is 16.2. The van der Waals surface area contributed by atoms with E-state index < -0.39 is 53.2 Å². The number of carboxylic acids is 1. The van der Waals surface area contributed by atoms with Gasteiger partial charge in [-0.3, -0.25) is 9.59 Å². The lowest BCUT2D eigenvalue weighted by Crippen LogP contribution is -2.35. The van der Waals surface area contributed by atoms with E-state index in [9.17, 15) is 27.2 Å². The molecule has 0 radical (unpaired) electrons. The number of halogens is 4. The maximum atomic E-state index is 13.3. The van der Waals surface area contributed by atoms with Crippen molar-refractivity contribution in [3.05, 3.63) is 34.9 Å². The van der Waals surface area contributed by atoms with Gasteiger partial charge in [0.2, 0.25) is 0 Å². The van der Waals surface area contributed by atoms with Crippen LogP contribution in [0.1, 0.15) is 16.8 Å². The van der Waals surface area contributed by atoms with Gasteiger partial charge in [0, 0.05) is 13.7 Å². The summed E-state index contributed by atoms with van der Waals surface area (Å²) in [4.78, 5) is 22.0. The number of ether oxygens (including phenoxy) is 1. The fraction of sp³-hybridized carbons (Fsp3) is 0.333. The average molecular weight is 309 g/mol. The minimum Gasteiger partial charge on any atom is -0.481 e. The summed E-state index contributed by atoms with van der Waals surface area (Å²) in [5.74, 6) is -10.1. The molecular weight excluding hydrogens is 298 g/mol. The van der Waals surface area contributed by atoms with Crippen LogP contribution in [0.15, 0.2) is 6.07 Å². The lowest BCUT2D eigenvalue weighted by atomic mass is 10.1. The number of methoxy groups -OCH3 is 1. The number of hydrogen-bond donors (Lipinski definition) is 2. The van der Waals surface area contributed by atoms with Crippen molar-refractivity contribution < 1.29 is 37.0 Å². The summed E-state index contributed by atoms with van der Waals surface area (Å²) in [5, 5.41) is 10.6. The van der Waals surface area contributed by atoms with Crippen LogP contribution in [-0.4, -0.2) is 36.7 Å². The average Bonchev–Trinajstić information content (AvgIpc) is 2.44. The van der Waals surface area contributed by atoms with Gasteiger partial charge in [-0.1, -0.05) is 0 Å². The van der Waals surface area contributed by atoms with Crippen molar-refractivity contribution in [2.75, 3.05) is 13.7 Å². The summed E-state index contributed by atoms with van der Waals surface area (Å²) in [6.07, 6.45) is -1.35. The molecule has 9 heteroatoms. The first-order chi connectivity index (χ1) is 9.77. The molecule has 1 aromatic rings. The van der Waals surface area contributed by atoms with E-state index in [0.29, 0.717) is 0 Å². The maximum absolute atomic E-state index is 13.3. The highest BCUT2D eigenvalue weighted by Crippen LogP contribution is 2.18. The third-order valence-corrected chi connectivity index (χ3v) is 2.57. The number of hydrogen-bond acceptors (Lipinski definition) is 3. The molecule has 116 valence electrons. The van der Waals surface area contributed by atoms with E-state index in [4.69, 9.17) is 9.84 Å². The van der Waals surface area contributed by atoms with Crippen molar-refractivity contribution >= 4 is 11.9 Å². The summed E-state index contributed by atoms with van der Waals surface area (Å²) in [6, 6.07) is 0.210. The van der Waals surface area contributed by atoms with Crippen LogP contribution in [0.25, 0.3) is 0 Å². The fourth-order valence-corrected chi connectivity index (χ4v) is 1.47. The van der Waals surface area contributed by atoms with E-state index in [-0.39, 0.29) is 12.6 Å². The molecule has 0 aliphatic carbocycles. The Balaban J connectivity index is 2.83. The van der Waals surface area contributed by atoms with Crippen molar-refractivity contribution in [2.45, 2.75) is 12.5 Å². The Morgan fingerprint density at radius 2 is 1.86 bits per heavy atom. The predicted molar refractivity (Wildman–Crippen MR) is 61.7 cm³/mol. The van der Waals surface area contributed by atoms with Gasteiger partial charge in [0.1, 0.15) is 0 Å². The second-order valence-corrected chi connectivity index (χ2v) is 4.01. The van der Waals surface area contributed by atoms with Crippen molar-refractivity contribution in [3.63, 3.8) is 0 Å². The number of amides is 1. The van der Waals surface area contributed by atoms with Crippen molar-refractivity contribution in [3.8, 4) is 0 Å². The largest absolute Gasteiger partial charge is 0.481 e. The molecule has 0 saturated carbocycles. The van der Waals surface area contributed by atoms with Gasteiger partial charge in [0.05, 0.1) is 18.1 Å². The number of carbonyl (C=O) groups is 2. The van der Waals surface area contributed by atoms with Crippen LogP contribution >= 0.6 is 0 Å². The molecule has 0 fully saturated rings. The summed E-state index contributed by atoms with van der Waals surface area (Å²) in [5.41, 5.74) is -1.03. The molecule has 0 saturated heterocycles. The van der Waals surface area contributed by atoms with Gasteiger partial charge in [-0.05, 0) is 6.07 Å². The molecule has 0 bridgehead atoms. The second kappa shape index (κ2) is 7.02. The van der Waals surface area contributed by atoms with Gasteiger partial charge in [0.15, 0.2) is 23.3 Å². The van der Waals surface area contributed by atoms with Gasteiger partial charge in [0.25, 0.3) is 5.91 Å². The van der Waals surface area contributed by atoms with Crippen LogP contribution in [0.2, 0.25) is 0 Å². The van der Waals surface area contributed by atoms with Gasteiger partial charge in [-0.15, -0.1) is 0 Å². The Hall–Kier alpha value is -2.16. The van der Waals surface area contributed by atoms with Crippen LogP contribution in [0.5, 0.6) is 0 Å². The molecule has 1 amide bonds. The Morgan fingerprint density at radius 3 is 2.38 bits per heavy atom. The third-order valence-electron chi connectivity index (χ3n) is 2.57. The van der Waals surface area contributed by atoms with Crippen LogP contribution in [0.4, 0.5) is 17.6 Å². The number of carboxylic acid groups (broad SMARTS) is 1. The van der Waals surface area contributed by atoms with Gasteiger partial charge in [-0.2, -0.15) is 0 Å². The molecular formula is C12H11F4NO4. The molecule has 0 aromatic heterocycles. The zero-order valence-corrected chi connectivity index (χ0v) is 10.8. The van der Waals surface area contributed by atoms with Crippen molar-refractivity contribution in [1.29, 1.82) is 0 Å². The molecule has 1 rings (SSSR count). The van der Waals surface area contributed by atoms with Crippen molar-refractivity contribution in [2.24, 2.45) is 0 Å².